The van der Waals surface area contributed by atoms with E-state index in [2.05, 4.69) is 10.2 Å². The van der Waals surface area contributed by atoms with E-state index >= 15 is 0 Å². The normalized spacial score (nSPS) is 10.1. The van der Waals surface area contributed by atoms with E-state index in [4.69, 9.17) is 28.0 Å². The number of amides is 1. The van der Waals surface area contributed by atoms with Crippen LogP contribution in [0.5, 0.6) is 0 Å². The second-order valence-electron chi connectivity index (χ2n) is 5.17. The minimum atomic E-state index is -0.184. The van der Waals surface area contributed by atoms with Gasteiger partial charge in [-0.1, -0.05) is 23.4 Å². The molecule has 1 amide bonds. The lowest BCUT2D eigenvalue weighted by Crippen LogP contribution is -2.34. The largest absolute Gasteiger partial charge is 0.340 e. The summed E-state index contributed by atoms with van der Waals surface area (Å²) >= 11 is 7.02. The van der Waals surface area contributed by atoms with Crippen molar-refractivity contribution in [3.8, 4) is 23.5 Å². The number of carbonyl (C=O) groups excluding carboxylic acids is 1. The van der Waals surface area contributed by atoms with Gasteiger partial charge in [0.05, 0.1) is 30.7 Å². The van der Waals surface area contributed by atoms with Gasteiger partial charge >= 0.3 is 0 Å². The van der Waals surface area contributed by atoms with E-state index in [1.54, 1.807) is 24.3 Å². The summed E-state index contributed by atoms with van der Waals surface area (Å²) < 4.78 is 1.32. The van der Waals surface area contributed by atoms with Crippen LogP contribution in [0.4, 0.5) is 0 Å². The van der Waals surface area contributed by atoms with Crippen LogP contribution in [-0.2, 0) is 4.79 Å². The van der Waals surface area contributed by atoms with Crippen LogP contribution >= 0.6 is 23.4 Å². The summed E-state index contributed by atoms with van der Waals surface area (Å²) in [5, 5.41) is 26.4. The van der Waals surface area contributed by atoms with Gasteiger partial charge in [0.2, 0.25) is 11.1 Å². The van der Waals surface area contributed by atoms with Crippen LogP contribution in [0.2, 0.25) is 5.02 Å². The first-order valence-corrected chi connectivity index (χ1v) is 9.04. The van der Waals surface area contributed by atoms with E-state index in [0.29, 0.717) is 29.1 Å². The second kappa shape index (κ2) is 9.66. The standard InChI is InChI=1S/C16H16ClN7OS/c17-13-5-3-12(4-6-13)15-21-22-16(24(15)20)26-11-14(25)23(9-1-7-18)10-2-8-19/h3-6H,1-2,9-11,20H2. The third-order valence-electron chi connectivity index (χ3n) is 3.43. The Morgan fingerprint density at radius 1 is 1.19 bits per heavy atom. The van der Waals surface area contributed by atoms with Crippen molar-refractivity contribution in [1.82, 2.24) is 19.8 Å². The molecule has 0 bridgehead atoms. The molecule has 0 fully saturated rings. The number of carbonyl (C=O) groups is 1. The lowest BCUT2D eigenvalue weighted by atomic mass is 10.2. The van der Waals surface area contributed by atoms with E-state index in [9.17, 15) is 4.79 Å². The van der Waals surface area contributed by atoms with Gasteiger partial charge in [0.25, 0.3) is 0 Å². The number of thioether (sulfide) groups is 1. The molecule has 0 saturated carbocycles. The van der Waals surface area contributed by atoms with Crippen molar-refractivity contribution in [3.05, 3.63) is 29.3 Å². The summed E-state index contributed by atoms with van der Waals surface area (Å²) in [6.45, 7) is 0.589. The maximum atomic E-state index is 12.3. The fourth-order valence-electron chi connectivity index (χ4n) is 2.12. The van der Waals surface area contributed by atoms with Crippen LogP contribution in [0.1, 0.15) is 12.8 Å². The fourth-order valence-corrected chi connectivity index (χ4v) is 3.01. The second-order valence-corrected chi connectivity index (χ2v) is 6.55. The molecule has 8 nitrogen and oxygen atoms in total. The number of hydrogen-bond donors (Lipinski definition) is 1. The number of aromatic nitrogens is 3. The molecule has 0 spiro atoms. The van der Waals surface area contributed by atoms with Crippen molar-refractivity contribution in [2.45, 2.75) is 18.0 Å². The Morgan fingerprint density at radius 3 is 2.38 bits per heavy atom. The van der Waals surface area contributed by atoms with Crippen LogP contribution in [-0.4, -0.2) is 44.5 Å². The molecule has 0 atom stereocenters. The highest BCUT2D eigenvalue weighted by Crippen LogP contribution is 2.23. The summed E-state index contributed by atoms with van der Waals surface area (Å²) in [7, 11) is 0. The SMILES string of the molecule is N#CCCN(CCC#N)C(=O)CSc1nnc(-c2ccc(Cl)cc2)n1N. The number of rotatable bonds is 8. The lowest BCUT2D eigenvalue weighted by molar-refractivity contribution is -0.128. The molecule has 0 aliphatic heterocycles. The van der Waals surface area contributed by atoms with E-state index in [0.717, 1.165) is 17.3 Å². The fraction of sp³-hybridized carbons (Fsp3) is 0.312. The smallest absolute Gasteiger partial charge is 0.233 e. The third kappa shape index (κ3) is 5.12. The number of hydrogen-bond acceptors (Lipinski definition) is 7. The number of nitriles is 2. The van der Waals surface area contributed by atoms with Gasteiger partial charge in [-0.3, -0.25) is 4.79 Å². The molecule has 0 aliphatic rings. The molecule has 2 rings (SSSR count). The van der Waals surface area contributed by atoms with Crippen LogP contribution in [0, 0.1) is 22.7 Å². The summed E-state index contributed by atoms with van der Waals surface area (Å²) in [6, 6.07) is 11.0. The van der Waals surface area contributed by atoms with Gasteiger partial charge in [-0.15, -0.1) is 10.2 Å². The van der Waals surface area contributed by atoms with Crippen LogP contribution in [0.15, 0.2) is 29.4 Å². The Morgan fingerprint density at radius 2 is 1.81 bits per heavy atom. The molecule has 2 aromatic rings. The summed E-state index contributed by atoms with van der Waals surface area (Å²) in [4.78, 5) is 13.8. The molecule has 10 heteroatoms. The Hall–Kier alpha value is -2.75. The summed E-state index contributed by atoms with van der Waals surface area (Å²) in [6.07, 6.45) is 0.436. The van der Waals surface area contributed by atoms with Gasteiger partial charge in [-0.25, -0.2) is 4.68 Å². The number of benzene rings is 1. The highest BCUT2D eigenvalue weighted by molar-refractivity contribution is 7.99. The average molecular weight is 390 g/mol. The molecular formula is C16H16ClN7OS. The van der Waals surface area contributed by atoms with Gasteiger partial charge in [0.1, 0.15) is 0 Å². The molecule has 0 aliphatic carbocycles. The van der Waals surface area contributed by atoms with Crippen LogP contribution < -0.4 is 5.84 Å². The van der Waals surface area contributed by atoms with Crippen molar-refractivity contribution < 1.29 is 4.79 Å². The van der Waals surface area contributed by atoms with Gasteiger partial charge in [0, 0.05) is 23.7 Å². The highest BCUT2D eigenvalue weighted by Gasteiger charge is 2.17. The molecule has 2 N–H and O–H groups in total. The number of nitrogen functional groups attached to an aromatic ring is 1. The van der Waals surface area contributed by atoms with Crippen molar-refractivity contribution in [2.24, 2.45) is 0 Å². The van der Waals surface area contributed by atoms with Gasteiger partial charge in [-0.2, -0.15) is 10.5 Å². The molecule has 134 valence electrons. The number of nitrogens with zero attached hydrogens (tertiary/aromatic N) is 6. The molecule has 1 heterocycles. The molecular weight excluding hydrogens is 374 g/mol. The minimum absolute atomic E-state index is 0.0901. The quantitative estimate of drug-likeness (QED) is 0.541. The first kappa shape index (κ1) is 19.6. The van der Waals surface area contributed by atoms with E-state index < -0.39 is 0 Å². The number of nitrogens with two attached hydrogens (primary N) is 1. The average Bonchev–Trinajstić information content (AvgIpc) is 3.01. The molecule has 26 heavy (non-hydrogen) atoms. The Balaban J connectivity index is 2.02. The first-order chi connectivity index (χ1) is 12.6. The monoisotopic (exact) mass is 389 g/mol. The maximum Gasteiger partial charge on any atom is 0.233 e. The Labute approximate surface area is 160 Å². The van der Waals surface area contributed by atoms with Crippen LogP contribution in [0.3, 0.4) is 0 Å². The molecule has 0 radical (unpaired) electrons. The van der Waals surface area contributed by atoms with Crippen molar-refractivity contribution >= 4 is 29.3 Å². The van der Waals surface area contributed by atoms with Crippen molar-refractivity contribution in [3.63, 3.8) is 0 Å². The minimum Gasteiger partial charge on any atom is -0.340 e. The maximum absolute atomic E-state index is 12.3. The Bertz CT molecular complexity index is 820. The molecule has 1 aromatic heterocycles. The summed E-state index contributed by atoms with van der Waals surface area (Å²) in [5.41, 5.74) is 0.757. The predicted octanol–water partition coefficient (Wildman–Crippen LogP) is 2.06. The third-order valence-corrected chi connectivity index (χ3v) is 4.61. The van der Waals surface area contributed by atoms with Crippen molar-refractivity contribution in [1.29, 1.82) is 10.5 Å². The van der Waals surface area contributed by atoms with Crippen molar-refractivity contribution in [2.75, 3.05) is 24.7 Å². The zero-order valence-corrected chi connectivity index (χ0v) is 15.4. The first-order valence-electron chi connectivity index (χ1n) is 7.67. The van der Waals surface area contributed by atoms with E-state index in [1.807, 2.05) is 12.1 Å². The zero-order valence-electron chi connectivity index (χ0n) is 13.8. The summed E-state index contributed by atoms with van der Waals surface area (Å²) in [5.74, 6) is 6.39. The molecule has 0 saturated heterocycles. The van der Waals surface area contributed by atoms with E-state index in [1.165, 1.54) is 9.58 Å². The van der Waals surface area contributed by atoms with Gasteiger partial charge < -0.3 is 10.7 Å². The predicted molar refractivity (Wildman–Crippen MR) is 98.4 cm³/mol. The highest BCUT2D eigenvalue weighted by atomic mass is 35.5. The van der Waals surface area contributed by atoms with E-state index in [-0.39, 0.29) is 24.5 Å². The molecule has 0 unspecified atom stereocenters. The van der Waals surface area contributed by atoms with Gasteiger partial charge in [-0.05, 0) is 24.3 Å². The topological polar surface area (TPSA) is 125 Å². The lowest BCUT2D eigenvalue weighted by Gasteiger charge is -2.19. The number of halogens is 1. The zero-order chi connectivity index (χ0) is 18.9. The van der Waals surface area contributed by atoms with Gasteiger partial charge in [0.15, 0.2) is 5.82 Å². The molecule has 1 aromatic carbocycles. The Kier molecular flexibility index (Phi) is 7.27. The van der Waals surface area contributed by atoms with Crippen LogP contribution in [0.25, 0.3) is 11.4 Å².